The van der Waals surface area contributed by atoms with Gasteiger partial charge in [0.1, 0.15) is 6.61 Å². The van der Waals surface area contributed by atoms with Crippen LogP contribution in [-0.4, -0.2) is 31.7 Å². The average Bonchev–Trinajstić information content (AvgIpc) is 2.67. The third-order valence-corrected chi connectivity index (χ3v) is 3.60. The third kappa shape index (κ3) is 6.31. The second-order valence-corrected chi connectivity index (χ2v) is 5.77. The minimum atomic E-state index is -0.847. The summed E-state index contributed by atoms with van der Waals surface area (Å²) in [5.74, 6) is -0.503. The fourth-order valence-electron chi connectivity index (χ4n) is 2.11. The molecule has 2 N–H and O–H groups in total. The SMILES string of the molecule is CCOc1cc(/C=N\NC(=O)C(=O)NC)ccc1OCc1cccc(Cl)c1. The zero-order chi connectivity index (χ0) is 19.6. The molecule has 0 aliphatic heterocycles. The molecule has 0 aliphatic rings. The van der Waals surface area contributed by atoms with Crippen LogP contribution in [0.4, 0.5) is 0 Å². The number of ether oxygens (including phenoxy) is 2. The molecular weight excluding hydrogens is 370 g/mol. The van der Waals surface area contributed by atoms with E-state index in [1.807, 2.05) is 25.1 Å². The molecule has 0 fully saturated rings. The molecule has 2 aromatic rings. The van der Waals surface area contributed by atoms with E-state index in [0.717, 1.165) is 5.56 Å². The van der Waals surface area contributed by atoms with Gasteiger partial charge in [0.2, 0.25) is 0 Å². The van der Waals surface area contributed by atoms with E-state index in [0.29, 0.717) is 35.3 Å². The van der Waals surface area contributed by atoms with E-state index in [4.69, 9.17) is 21.1 Å². The number of amides is 2. The Labute approximate surface area is 162 Å². The summed E-state index contributed by atoms with van der Waals surface area (Å²) in [7, 11) is 1.36. The van der Waals surface area contributed by atoms with Crippen molar-refractivity contribution in [1.29, 1.82) is 0 Å². The highest BCUT2D eigenvalue weighted by Crippen LogP contribution is 2.29. The molecule has 0 radical (unpaired) electrons. The van der Waals surface area contributed by atoms with Gasteiger partial charge in [0.25, 0.3) is 0 Å². The van der Waals surface area contributed by atoms with Crippen LogP contribution < -0.4 is 20.2 Å². The Morgan fingerprint density at radius 3 is 2.63 bits per heavy atom. The fourth-order valence-corrected chi connectivity index (χ4v) is 2.32. The lowest BCUT2D eigenvalue weighted by molar-refractivity contribution is -0.138. The molecule has 8 heteroatoms. The van der Waals surface area contributed by atoms with Crippen LogP contribution in [0.3, 0.4) is 0 Å². The Morgan fingerprint density at radius 1 is 1.11 bits per heavy atom. The van der Waals surface area contributed by atoms with E-state index >= 15 is 0 Å². The van der Waals surface area contributed by atoms with Gasteiger partial charge >= 0.3 is 11.8 Å². The molecule has 27 heavy (non-hydrogen) atoms. The quantitative estimate of drug-likeness (QED) is 0.432. The smallest absolute Gasteiger partial charge is 0.329 e. The molecule has 0 aliphatic carbocycles. The van der Waals surface area contributed by atoms with E-state index in [1.165, 1.54) is 13.3 Å². The molecule has 2 rings (SSSR count). The van der Waals surface area contributed by atoms with Crippen molar-refractivity contribution in [2.45, 2.75) is 13.5 Å². The van der Waals surface area contributed by atoms with Crippen LogP contribution in [0.1, 0.15) is 18.1 Å². The summed E-state index contributed by atoms with van der Waals surface area (Å²) in [6, 6.07) is 12.6. The van der Waals surface area contributed by atoms with Crippen LogP contribution in [0.15, 0.2) is 47.6 Å². The number of hydrogen-bond donors (Lipinski definition) is 2. The van der Waals surface area contributed by atoms with Crippen molar-refractivity contribution >= 4 is 29.6 Å². The summed E-state index contributed by atoms with van der Waals surface area (Å²) in [5, 5.41) is 6.60. The molecule has 2 aromatic carbocycles. The number of hydrogen-bond acceptors (Lipinski definition) is 5. The molecule has 0 unspecified atom stereocenters. The number of benzene rings is 2. The van der Waals surface area contributed by atoms with Gasteiger partial charge in [-0.25, -0.2) is 5.43 Å². The first kappa shape index (κ1) is 20.3. The van der Waals surface area contributed by atoms with Crippen molar-refractivity contribution in [1.82, 2.24) is 10.7 Å². The summed E-state index contributed by atoms with van der Waals surface area (Å²) < 4.78 is 11.4. The number of rotatable bonds is 7. The maximum Gasteiger partial charge on any atom is 0.329 e. The largest absolute Gasteiger partial charge is 0.490 e. The van der Waals surface area contributed by atoms with E-state index < -0.39 is 11.8 Å². The second kappa shape index (κ2) is 10.2. The minimum absolute atomic E-state index is 0.344. The average molecular weight is 390 g/mol. The summed E-state index contributed by atoms with van der Waals surface area (Å²) in [6.07, 6.45) is 1.41. The molecule has 7 nitrogen and oxygen atoms in total. The van der Waals surface area contributed by atoms with Crippen molar-refractivity contribution in [2.24, 2.45) is 5.10 Å². The Bertz CT molecular complexity index is 839. The molecule has 0 spiro atoms. The first-order chi connectivity index (χ1) is 13.0. The predicted molar refractivity (Wildman–Crippen MR) is 103 cm³/mol. The normalized spacial score (nSPS) is 10.5. The van der Waals surface area contributed by atoms with Crippen molar-refractivity contribution in [3.05, 3.63) is 58.6 Å². The third-order valence-electron chi connectivity index (χ3n) is 3.36. The molecular formula is C19H20ClN3O4. The zero-order valence-electron chi connectivity index (χ0n) is 15.0. The first-order valence-electron chi connectivity index (χ1n) is 8.22. The van der Waals surface area contributed by atoms with Crippen LogP contribution in [-0.2, 0) is 16.2 Å². The predicted octanol–water partition coefficient (Wildman–Crippen LogP) is 2.51. The molecule has 0 saturated heterocycles. The van der Waals surface area contributed by atoms with Gasteiger partial charge in [-0.1, -0.05) is 23.7 Å². The van der Waals surface area contributed by atoms with E-state index in [2.05, 4.69) is 15.8 Å². The van der Waals surface area contributed by atoms with E-state index in [-0.39, 0.29) is 0 Å². The van der Waals surface area contributed by atoms with Gasteiger partial charge < -0.3 is 14.8 Å². The summed E-state index contributed by atoms with van der Waals surface area (Å²) >= 11 is 5.98. The van der Waals surface area contributed by atoms with E-state index in [9.17, 15) is 9.59 Å². The number of nitrogens with zero attached hydrogens (tertiary/aromatic N) is 1. The summed E-state index contributed by atoms with van der Waals surface area (Å²) in [5.41, 5.74) is 3.74. The summed E-state index contributed by atoms with van der Waals surface area (Å²) in [6.45, 7) is 2.67. The number of carbonyl (C=O) groups excluding carboxylic acids is 2. The lowest BCUT2D eigenvalue weighted by Crippen LogP contribution is -2.35. The minimum Gasteiger partial charge on any atom is -0.490 e. The first-order valence-corrected chi connectivity index (χ1v) is 8.60. The lowest BCUT2D eigenvalue weighted by Gasteiger charge is -2.12. The maximum absolute atomic E-state index is 11.3. The van der Waals surface area contributed by atoms with Gasteiger partial charge in [-0.2, -0.15) is 5.10 Å². The van der Waals surface area contributed by atoms with Crippen molar-refractivity contribution in [3.8, 4) is 11.5 Å². The van der Waals surface area contributed by atoms with Crippen molar-refractivity contribution < 1.29 is 19.1 Å². The molecule has 0 bridgehead atoms. The molecule has 0 aromatic heterocycles. The molecule has 0 atom stereocenters. The molecule has 142 valence electrons. The van der Waals surface area contributed by atoms with Crippen LogP contribution in [0.5, 0.6) is 11.5 Å². The maximum atomic E-state index is 11.3. The Kier molecular flexibility index (Phi) is 7.63. The van der Waals surface area contributed by atoms with E-state index in [1.54, 1.807) is 24.3 Å². The highest BCUT2D eigenvalue weighted by Gasteiger charge is 2.09. The molecule has 2 amide bonds. The number of nitrogens with one attached hydrogen (secondary N) is 2. The number of hydrazone groups is 1. The number of halogens is 1. The standard InChI is InChI=1S/C19H20ClN3O4/c1-3-26-17-10-13(11-22-23-19(25)18(24)21-2)7-8-16(17)27-12-14-5-4-6-15(20)9-14/h4-11H,3,12H2,1-2H3,(H,21,24)(H,23,25)/b22-11-. The second-order valence-electron chi connectivity index (χ2n) is 5.34. The van der Waals surface area contributed by atoms with Crippen LogP contribution in [0.2, 0.25) is 5.02 Å². The van der Waals surface area contributed by atoms with Gasteiger partial charge in [-0.05, 0) is 48.4 Å². The number of likely N-dealkylation sites (N-methyl/N-ethyl adjacent to an activating group) is 1. The van der Waals surface area contributed by atoms with Crippen LogP contribution in [0, 0.1) is 0 Å². The Morgan fingerprint density at radius 2 is 1.93 bits per heavy atom. The highest BCUT2D eigenvalue weighted by atomic mass is 35.5. The monoisotopic (exact) mass is 389 g/mol. The van der Waals surface area contributed by atoms with Crippen molar-refractivity contribution in [2.75, 3.05) is 13.7 Å². The van der Waals surface area contributed by atoms with Crippen LogP contribution >= 0.6 is 11.6 Å². The Hall–Kier alpha value is -3.06. The zero-order valence-corrected chi connectivity index (χ0v) is 15.7. The highest BCUT2D eigenvalue weighted by molar-refractivity contribution is 6.35. The van der Waals surface area contributed by atoms with Gasteiger partial charge in [0.05, 0.1) is 12.8 Å². The summed E-state index contributed by atoms with van der Waals surface area (Å²) in [4.78, 5) is 22.4. The topological polar surface area (TPSA) is 89.0 Å². The number of carbonyl (C=O) groups is 2. The fraction of sp³-hybridized carbons (Fsp3) is 0.211. The molecule has 0 saturated carbocycles. The van der Waals surface area contributed by atoms with Gasteiger partial charge in [0, 0.05) is 12.1 Å². The van der Waals surface area contributed by atoms with Gasteiger partial charge in [-0.15, -0.1) is 0 Å². The van der Waals surface area contributed by atoms with Crippen LogP contribution in [0.25, 0.3) is 0 Å². The lowest BCUT2D eigenvalue weighted by atomic mass is 10.2. The van der Waals surface area contributed by atoms with Gasteiger partial charge in [0.15, 0.2) is 11.5 Å². The Balaban J connectivity index is 2.06. The van der Waals surface area contributed by atoms with Gasteiger partial charge in [-0.3, -0.25) is 9.59 Å². The molecule has 0 heterocycles. The van der Waals surface area contributed by atoms with Crippen molar-refractivity contribution in [3.63, 3.8) is 0 Å².